The third-order valence-corrected chi connectivity index (χ3v) is 4.16. The van der Waals surface area contributed by atoms with Gasteiger partial charge in [-0.2, -0.15) is 5.26 Å². The van der Waals surface area contributed by atoms with Crippen molar-refractivity contribution in [3.63, 3.8) is 0 Å². The van der Waals surface area contributed by atoms with Crippen LogP contribution in [0.4, 0.5) is 5.69 Å². The number of hydrogen-bond acceptors (Lipinski definition) is 2. The van der Waals surface area contributed by atoms with Gasteiger partial charge in [0, 0.05) is 10.2 Å². The molecule has 0 saturated heterocycles. The number of nitrogens with one attached hydrogen (secondary N) is 1. The molecule has 90 valence electrons. The van der Waals surface area contributed by atoms with Crippen molar-refractivity contribution in [2.75, 3.05) is 5.32 Å². The smallest absolute Gasteiger partial charge is 0.125 e. The summed E-state index contributed by atoms with van der Waals surface area (Å²) in [5.74, 6) is 0.692. The standard InChI is InChI=1S/C14H17BrN2/c1-2-11-7-8-14(9-11,10-16)17-13-5-3-12(15)4-6-13/h3-6,11,17H,2,7-9H2,1H3. The van der Waals surface area contributed by atoms with Crippen LogP contribution in [-0.4, -0.2) is 5.54 Å². The van der Waals surface area contributed by atoms with E-state index in [1.165, 1.54) is 6.42 Å². The maximum absolute atomic E-state index is 9.42. The fourth-order valence-corrected chi connectivity index (χ4v) is 2.81. The minimum absolute atomic E-state index is 0.353. The molecule has 1 aliphatic carbocycles. The Hall–Kier alpha value is -1.01. The summed E-state index contributed by atoms with van der Waals surface area (Å²) in [5.41, 5.74) is 0.681. The van der Waals surface area contributed by atoms with E-state index in [0.717, 1.165) is 29.4 Å². The van der Waals surface area contributed by atoms with E-state index >= 15 is 0 Å². The van der Waals surface area contributed by atoms with E-state index in [-0.39, 0.29) is 5.54 Å². The van der Waals surface area contributed by atoms with Gasteiger partial charge in [-0.15, -0.1) is 0 Å². The van der Waals surface area contributed by atoms with Gasteiger partial charge in [0.2, 0.25) is 0 Å². The van der Waals surface area contributed by atoms with E-state index in [0.29, 0.717) is 5.92 Å². The van der Waals surface area contributed by atoms with Crippen LogP contribution in [0.2, 0.25) is 0 Å². The molecule has 1 aromatic carbocycles. The number of halogens is 1. The quantitative estimate of drug-likeness (QED) is 0.900. The second-order valence-corrected chi connectivity index (χ2v) is 5.76. The average Bonchev–Trinajstić information content (AvgIpc) is 2.76. The van der Waals surface area contributed by atoms with Crippen molar-refractivity contribution in [3.05, 3.63) is 28.7 Å². The van der Waals surface area contributed by atoms with Gasteiger partial charge in [0.05, 0.1) is 6.07 Å². The molecule has 0 spiro atoms. The Balaban J connectivity index is 2.11. The van der Waals surface area contributed by atoms with E-state index in [1.54, 1.807) is 0 Å². The summed E-state index contributed by atoms with van der Waals surface area (Å²) in [6, 6.07) is 10.5. The van der Waals surface area contributed by atoms with Gasteiger partial charge in [-0.25, -0.2) is 0 Å². The lowest BCUT2D eigenvalue weighted by Crippen LogP contribution is -2.33. The number of hydrogen-bond donors (Lipinski definition) is 1. The van der Waals surface area contributed by atoms with Crippen LogP contribution in [0.5, 0.6) is 0 Å². The van der Waals surface area contributed by atoms with Crippen molar-refractivity contribution in [2.24, 2.45) is 5.92 Å². The van der Waals surface area contributed by atoms with E-state index < -0.39 is 0 Å². The highest BCUT2D eigenvalue weighted by Gasteiger charge is 2.38. The van der Waals surface area contributed by atoms with Gasteiger partial charge in [0.15, 0.2) is 0 Å². The molecular weight excluding hydrogens is 276 g/mol. The molecule has 17 heavy (non-hydrogen) atoms. The number of benzene rings is 1. The number of rotatable bonds is 3. The predicted octanol–water partition coefficient (Wildman–Crippen LogP) is 4.33. The summed E-state index contributed by atoms with van der Waals surface area (Å²) < 4.78 is 1.06. The Morgan fingerprint density at radius 3 is 2.71 bits per heavy atom. The topological polar surface area (TPSA) is 35.8 Å². The lowest BCUT2D eigenvalue weighted by atomic mass is 9.96. The fraction of sp³-hybridized carbons (Fsp3) is 0.500. The summed E-state index contributed by atoms with van der Waals surface area (Å²) in [5, 5.41) is 12.8. The highest BCUT2D eigenvalue weighted by molar-refractivity contribution is 9.10. The lowest BCUT2D eigenvalue weighted by molar-refractivity contribution is 0.503. The Morgan fingerprint density at radius 2 is 2.18 bits per heavy atom. The molecule has 2 rings (SSSR count). The second kappa shape index (κ2) is 5.10. The summed E-state index contributed by atoms with van der Waals surface area (Å²) in [4.78, 5) is 0. The minimum atomic E-state index is -0.353. The van der Waals surface area contributed by atoms with Crippen LogP contribution in [0.1, 0.15) is 32.6 Å². The molecule has 3 heteroatoms. The molecule has 0 aliphatic heterocycles. The van der Waals surface area contributed by atoms with Crippen molar-refractivity contribution in [1.29, 1.82) is 5.26 Å². The molecule has 0 heterocycles. The van der Waals surface area contributed by atoms with Crippen molar-refractivity contribution in [3.8, 4) is 6.07 Å². The lowest BCUT2D eigenvalue weighted by Gasteiger charge is -2.24. The van der Waals surface area contributed by atoms with Gasteiger partial charge in [-0.3, -0.25) is 0 Å². The van der Waals surface area contributed by atoms with E-state index in [9.17, 15) is 5.26 Å². The van der Waals surface area contributed by atoms with Crippen LogP contribution >= 0.6 is 15.9 Å². The molecule has 1 saturated carbocycles. The molecule has 0 bridgehead atoms. The third-order valence-electron chi connectivity index (χ3n) is 3.64. The second-order valence-electron chi connectivity index (χ2n) is 4.84. The first-order valence-corrected chi connectivity index (χ1v) is 6.92. The monoisotopic (exact) mass is 292 g/mol. The molecule has 1 fully saturated rings. The largest absolute Gasteiger partial charge is 0.367 e. The molecule has 0 radical (unpaired) electrons. The third kappa shape index (κ3) is 2.81. The molecule has 2 unspecified atom stereocenters. The van der Waals surface area contributed by atoms with Crippen molar-refractivity contribution < 1.29 is 0 Å². The van der Waals surface area contributed by atoms with Crippen LogP contribution in [0, 0.1) is 17.2 Å². The minimum Gasteiger partial charge on any atom is -0.367 e. The fourth-order valence-electron chi connectivity index (χ4n) is 2.55. The van der Waals surface area contributed by atoms with Gasteiger partial charge in [-0.05, 0) is 49.4 Å². The number of nitrogens with zero attached hydrogens (tertiary/aromatic N) is 1. The van der Waals surface area contributed by atoms with Gasteiger partial charge in [0.25, 0.3) is 0 Å². The Kier molecular flexibility index (Phi) is 3.73. The zero-order valence-corrected chi connectivity index (χ0v) is 11.6. The van der Waals surface area contributed by atoms with Gasteiger partial charge in [0.1, 0.15) is 5.54 Å². The van der Waals surface area contributed by atoms with E-state index in [1.807, 2.05) is 24.3 Å². The Bertz CT molecular complexity index is 421. The highest BCUT2D eigenvalue weighted by Crippen LogP contribution is 2.38. The number of anilines is 1. The van der Waals surface area contributed by atoms with Crippen LogP contribution in [0.15, 0.2) is 28.7 Å². The van der Waals surface area contributed by atoms with Crippen molar-refractivity contribution in [1.82, 2.24) is 0 Å². The molecule has 1 aliphatic rings. The summed E-state index contributed by atoms with van der Waals surface area (Å²) >= 11 is 3.42. The number of nitriles is 1. The highest BCUT2D eigenvalue weighted by atomic mass is 79.9. The zero-order valence-electron chi connectivity index (χ0n) is 10.0. The van der Waals surface area contributed by atoms with E-state index in [2.05, 4.69) is 34.2 Å². The Morgan fingerprint density at radius 1 is 1.47 bits per heavy atom. The molecule has 0 aromatic heterocycles. The van der Waals surface area contributed by atoms with Crippen molar-refractivity contribution in [2.45, 2.75) is 38.1 Å². The van der Waals surface area contributed by atoms with Gasteiger partial charge >= 0.3 is 0 Å². The molecule has 2 nitrogen and oxygen atoms in total. The van der Waals surface area contributed by atoms with Crippen LogP contribution in [0.3, 0.4) is 0 Å². The molecule has 2 atom stereocenters. The zero-order chi connectivity index (χ0) is 12.3. The predicted molar refractivity (Wildman–Crippen MR) is 73.7 cm³/mol. The first-order valence-electron chi connectivity index (χ1n) is 6.12. The van der Waals surface area contributed by atoms with Crippen LogP contribution < -0.4 is 5.32 Å². The average molecular weight is 293 g/mol. The molecular formula is C14H17BrN2. The van der Waals surface area contributed by atoms with Crippen LogP contribution in [-0.2, 0) is 0 Å². The normalized spacial score (nSPS) is 27.7. The first-order chi connectivity index (χ1) is 8.17. The summed E-state index contributed by atoms with van der Waals surface area (Å²) in [6.07, 6.45) is 4.26. The first kappa shape index (κ1) is 12.4. The van der Waals surface area contributed by atoms with Crippen molar-refractivity contribution >= 4 is 21.6 Å². The SMILES string of the molecule is CCC1CCC(C#N)(Nc2ccc(Br)cc2)C1. The molecule has 1 aromatic rings. The van der Waals surface area contributed by atoms with E-state index in [4.69, 9.17) is 0 Å². The van der Waals surface area contributed by atoms with Gasteiger partial charge < -0.3 is 5.32 Å². The van der Waals surface area contributed by atoms with Gasteiger partial charge in [-0.1, -0.05) is 29.3 Å². The maximum Gasteiger partial charge on any atom is 0.125 e. The molecule has 0 amide bonds. The summed E-state index contributed by atoms with van der Waals surface area (Å²) in [7, 11) is 0. The maximum atomic E-state index is 9.42. The van der Waals surface area contributed by atoms with Crippen LogP contribution in [0.25, 0.3) is 0 Å². The Labute approximate surface area is 111 Å². The molecule has 1 N–H and O–H groups in total. The summed E-state index contributed by atoms with van der Waals surface area (Å²) in [6.45, 7) is 2.21.